The second-order valence-corrected chi connectivity index (χ2v) is 5.44. The van der Waals surface area contributed by atoms with Crippen LogP contribution in [0.5, 0.6) is 0 Å². The number of β-amino-alcohol motifs (C(OH)–C–C–N with tert-alkyl or cyclic N) is 1. The Labute approximate surface area is 108 Å². The largest absolute Gasteiger partial charge is 0.389 e. The molecular weight excluding hydrogens is 228 g/mol. The lowest BCUT2D eigenvalue weighted by Gasteiger charge is -2.39. The fraction of sp³-hybridized carbons (Fsp3) is 0.643. The normalized spacial score (nSPS) is 29.4. The van der Waals surface area contributed by atoms with Crippen LogP contribution in [-0.4, -0.2) is 51.4 Å². The Hall–Kier alpha value is -0.970. The number of piperidine rings is 1. The molecule has 1 saturated heterocycles. The van der Waals surface area contributed by atoms with Gasteiger partial charge in [0.15, 0.2) is 0 Å². The number of hydrogen-bond acceptors (Lipinski definition) is 4. The molecule has 0 aliphatic carbocycles. The fourth-order valence-electron chi connectivity index (χ4n) is 2.30. The maximum atomic E-state index is 9.89. The van der Waals surface area contributed by atoms with Gasteiger partial charge in [0.1, 0.15) is 0 Å². The highest BCUT2D eigenvalue weighted by atomic mass is 16.3. The van der Waals surface area contributed by atoms with Gasteiger partial charge in [-0.2, -0.15) is 0 Å². The van der Waals surface area contributed by atoms with Crippen molar-refractivity contribution in [3.05, 3.63) is 29.6 Å². The number of aliphatic hydroxyl groups is 2. The molecule has 100 valence electrons. The Balaban J connectivity index is 1.85. The van der Waals surface area contributed by atoms with Crippen LogP contribution < -0.4 is 0 Å². The molecule has 1 fully saturated rings. The molecule has 2 N–H and O–H groups in total. The molecule has 1 aliphatic rings. The van der Waals surface area contributed by atoms with Crippen molar-refractivity contribution < 1.29 is 10.2 Å². The standard InChI is InChI=1S/C14H22N2O2/c1-11-4-3-5-12(15-11)6-8-16-9-7-14(2,18)13(17)10-16/h3-5,13,17-18H,6-10H2,1-2H3/t13-,14-/m0/s1. The van der Waals surface area contributed by atoms with Gasteiger partial charge in [-0.1, -0.05) is 6.07 Å². The smallest absolute Gasteiger partial charge is 0.0951 e. The molecule has 0 bridgehead atoms. The van der Waals surface area contributed by atoms with Crippen LogP contribution in [0.15, 0.2) is 18.2 Å². The van der Waals surface area contributed by atoms with E-state index in [4.69, 9.17) is 0 Å². The highest BCUT2D eigenvalue weighted by molar-refractivity contribution is 5.10. The maximum absolute atomic E-state index is 9.89. The van der Waals surface area contributed by atoms with Gasteiger partial charge in [0, 0.05) is 37.4 Å². The third-order valence-electron chi connectivity index (χ3n) is 3.71. The molecule has 1 aliphatic heterocycles. The van der Waals surface area contributed by atoms with Gasteiger partial charge in [-0.3, -0.25) is 4.98 Å². The molecule has 2 rings (SSSR count). The molecule has 18 heavy (non-hydrogen) atoms. The highest BCUT2D eigenvalue weighted by Gasteiger charge is 2.35. The Kier molecular flexibility index (Phi) is 4.00. The second kappa shape index (κ2) is 5.34. The molecule has 4 nitrogen and oxygen atoms in total. The van der Waals surface area contributed by atoms with Crippen molar-refractivity contribution in [2.24, 2.45) is 0 Å². The van der Waals surface area contributed by atoms with Crippen LogP contribution in [0.2, 0.25) is 0 Å². The molecule has 4 heteroatoms. The minimum atomic E-state index is -0.932. The highest BCUT2D eigenvalue weighted by Crippen LogP contribution is 2.21. The van der Waals surface area contributed by atoms with E-state index in [1.165, 1.54) is 0 Å². The molecule has 2 atom stereocenters. The molecule has 0 radical (unpaired) electrons. The molecule has 0 spiro atoms. The predicted molar refractivity (Wildman–Crippen MR) is 70.4 cm³/mol. The van der Waals surface area contributed by atoms with E-state index in [1.54, 1.807) is 6.92 Å². The van der Waals surface area contributed by atoms with Crippen molar-refractivity contribution in [2.75, 3.05) is 19.6 Å². The van der Waals surface area contributed by atoms with Crippen molar-refractivity contribution in [2.45, 2.75) is 38.4 Å². The lowest BCUT2D eigenvalue weighted by atomic mass is 9.91. The summed E-state index contributed by atoms with van der Waals surface area (Å²) in [6.45, 7) is 5.95. The van der Waals surface area contributed by atoms with Crippen molar-refractivity contribution in [3.63, 3.8) is 0 Å². The first-order valence-electron chi connectivity index (χ1n) is 6.53. The average molecular weight is 250 g/mol. The molecule has 0 saturated carbocycles. The summed E-state index contributed by atoms with van der Waals surface area (Å²) in [5.41, 5.74) is 1.19. The molecule has 2 heterocycles. The van der Waals surface area contributed by atoms with E-state index in [-0.39, 0.29) is 0 Å². The Bertz CT molecular complexity index is 407. The van der Waals surface area contributed by atoms with Crippen molar-refractivity contribution in [1.82, 2.24) is 9.88 Å². The van der Waals surface area contributed by atoms with Gasteiger partial charge in [-0.15, -0.1) is 0 Å². The van der Waals surface area contributed by atoms with Gasteiger partial charge in [0.25, 0.3) is 0 Å². The molecule has 0 aromatic carbocycles. The summed E-state index contributed by atoms with van der Waals surface area (Å²) in [6.07, 6.45) is 0.850. The molecule has 1 aromatic rings. The number of aryl methyl sites for hydroxylation is 1. The number of pyridine rings is 1. The van der Waals surface area contributed by atoms with Crippen molar-refractivity contribution >= 4 is 0 Å². The van der Waals surface area contributed by atoms with Gasteiger partial charge in [-0.05, 0) is 32.4 Å². The zero-order valence-electron chi connectivity index (χ0n) is 11.1. The van der Waals surface area contributed by atoms with E-state index in [2.05, 4.69) is 9.88 Å². The first-order chi connectivity index (χ1) is 8.47. The summed E-state index contributed by atoms with van der Waals surface area (Å²) < 4.78 is 0. The number of hydrogen-bond donors (Lipinski definition) is 2. The third-order valence-corrected chi connectivity index (χ3v) is 3.71. The summed E-state index contributed by atoms with van der Waals surface area (Å²) in [4.78, 5) is 6.65. The van der Waals surface area contributed by atoms with Crippen molar-refractivity contribution in [1.29, 1.82) is 0 Å². The van der Waals surface area contributed by atoms with Gasteiger partial charge >= 0.3 is 0 Å². The number of aliphatic hydroxyl groups excluding tert-OH is 1. The Morgan fingerprint density at radius 1 is 1.50 bits per heavy atom. The first kappa shape index (κ1) is 13.5. The molecular formula is C14H22N2O2. The van der Waals surface area contributed by atoms with E-state index >= 15 is 0 Å². The fourth-order valence-corrected chi connectivity index (χ4v) is 2.30. The summed E-state index contributed by atoms with van der Waals surface area (Å²) in [5, 5.41) is 19.7. The van der Waals surface area contributed by atoms with Crippen LogP contribution in [-0.2, 0) is 6.42 Å². The Morgan fingerprint density at radius 2 is 2.28 bits per heavy atom. The van der Waals surface area contributed by atoms with E-state index < -0.39 is 11.7 Å². The number of rotatable bonds is 3. The topological polar surface area (TPSA) is 56.6 Å². The van der Waals surface area contributed by atoms with E-state index in [0.717, 1.165) is 30.9 Å². The summed E-state index contributed by atoms with van der Waals surface area (Å²) in [6, 6.07) is 6.04. The zero-order chi connectivity index (χ0) is 13.2. The van der Waals surface area contributed by atoms with Crippen LogP contribution in [0, 0.1) is 6.92 Å². The van der Waals surface area contributed by atoms with Gasteiger partial charge < -0.3 is 15.1 Å². The summed E-state index contributed by atoms with van der Waals surface area (Å²) in [7, 11) is 0. The van der Waals surface area contributed by atoms with Gasteiger partial charge in [-0.25, -0.2) is 0 Å². The van der Waals surface area contributed by atoms with Crippen molar-refractivity contribution in [3.8, 4) is 0 Å². The Morgan fingerprint density at radius 3 is 2.94 bits per heavy atom. The molecule has 1 aromatic heterocycles. The van der Waals surface area contributed by atoms with Crippen LogP contribution >= 0.6 is 0 Å². The average Bonchev–Trinajstić information content (AvgIpc) is 2.31. The van der Waals surface area contributed by atoms with E-state index in [0.29, 0.717) is 13.0 Å². The number of aromatic nitrogens is 1. The van der Waals surface area contributed by atoms with E-state index in [9.17, 15) is 10.2 Å². The third kappa shape index (κ3) is 3.28. The van der Waals surface area contributed by atoms with Crippen LogP contribution in [0.4, 0.5) is 0 Å². The minimum Gasteiger partial charge on any atom is -0.389 e. The molecule has 0 amide bonds. The molecule has 0 unspecified atom stereocenters. The van der Waals surface area contributed by atoms with E-state index in [1.807, 2.05) is 25.1 Å². The number of nitrogens with zero attached hydrogens (tertiary/aromatic N) is 2. The van der Waals surface area contributed by atoms with Gasteiger partial charge in [0.2, 0.25) is 0 Å². The maximum Gasteiger partial charge on any atom is 0.0951 e. The lowest BCUT2D eigenvalue weighted by molar-refractivity contribution is -0.106. The minimum absolute atomic E-state index is 0.540. The first-order valence-corrected chi connectivity index (χ1v) is 6.53. The zero-order valence-corrected chi connectivity index (χ0v) is 11.1. The monoisotopic (exact) mass is 250 g/mol. The summed E-state index contributed by atoms with van der Waals surface area (Å²) >= 11 is 0. The van der Waals surface area contributed by atoms with Crippen LogP contribution in [0.25, 0.3) is 0 Å². The quantitative estimate of drug-likeness (QED) is 0.831. The lowest BCUT2D eigenvalue weighted by Crippen LogP contribution is -2.54. The van der Waals surface area contributed by atoms with Crippen LogP contribution in [0.1, 0.15) is 24.7 Å². The second-order valence-electron chi connectivity index (χ2n) is 5.44. The number of likely N-dealkylation sites (tertiary alicyclic amines) is 1. The summed E-state index contributed by atoms with van der Waals surface area (Å²) in [5.74, 6) is 0. The van der Waals surface area contributed by atoms with Gasteiger partial charge in [0.05, 0.1) is 11.7 Å². The predicted octanol–water partition coefficient (Wildman–Crippen LogP) is 0.750. The SMILES string of the molecule is Cc1cccc(CCN2CC[C@](C)(O)[C@@H](O)C2)n1. The van der Waals surface area contributed by atoms with Crippen LogP contribution in [0.3, 0.4) is 0 Å².